The molecule has 0 saturated carbocycles. The van der Waals surface area contributed by atoms with Crippen LogP contribution in [-0.4, -0.2) is 9.97 Å². The number of nitrogens with zero attached hydrogens (tertiary/aromatic N) is 2. The lowest BCUT2D eigenvalue weighted by atomic mass is 10.2. The smallest absolute Gasteiger partial charge is 0.103 e. The van der Waals surface area contributed by atoms with Crippen molar-refractivity contribution < 1.29 is 0 Å². The second-order valence-corrected chi connectivity index (χ2v) is 3.94. The van der Waals surface area contributed by atoms with Gasteiger partial charge in [-0.3, -0.25) is 4.98 Å². The van der Waals surface area contributed by atoms with Gasteiger partial charge >= 0.3 is 0 Å². The summed E-state index contributed by atoms with van der Waals surface area (Å²) in [6.45, 7) is 0. The minimum absolute atomic E-state index is 0.532. The predicted molar refractivity (Wildman–Crippen MR) is 70.5 cm³/mol. The molecule has 0 saturated heterocycles. The van der Waals surface area contributed by atoms with E-state index in [9.17, 15) is 0 Å². The fourth-order valence-corrected chi connectivity index (χ4v) is 1.87. The Kier molecular flexibility index (Phi) is 2.43. The van der Waals surface area contributed by atoms with Crippen LogP contribution in [0.5, 0.6) is 0 Å². The van der Waals surface area contributed by atoms with Crippen LogP contribution in [0.4, 0.5) is 11.4 Å². The third-order valence-electron chi connectivity index (χ3n) is 2.78. The molecule has 0 atom stereocenters. The van der Waals surface area contributed by atoms with Crippen molar-refractivity contribution in [1.29, 1.82) is 5.26 Å². The summed E-state index contributed by atoms with van der Waals surface area (Å²) in [6.07, 6.45) is 5.12. The van der Waals surface area contributed by atoms with E-state index >= 15 is 0 Å². The van der Waals surface area contributed by atoms with Crippen LogP contribution in [0.1, 0.15) is 5.56 Å². The van der Waals surface area contributed by atoms with Gasteiger partial charge in [0.05, 0.1) is 11.3 Å². The fraction of sp³-hybridized carbons (Fsp3) is 0. The number of pyridine rings is 1. The molecule has 4 nitrogen and oxygen atoms in total. The molecular formula is C14H10N4. The van der Waals surface area contributed by atoms with Crippen molar-refractivity contribution >= 4 is 22.3 Å². The maximum atomic E-state index is 9.00. The Labute approximate surface area is 104 Å². The molecule has 3 aromatic rings. The van der Waals surface area contributed by atoms with Gasteiger partial charge in [0.25, 0.3) is 0 Å². The predicted octanol–water partition coefficient (Wildman–Crippen LogP) is 3.18. The first-order chi connectivity index (χ1) is 8.86. The summed E-state index contributed by atoms with van der Waals surface area (Å²) >= 11 is 0. The van der Waals surface area contributed by atoms with Crippen LogP contribution in [0, 0.1) is 11.3 Å². The molecule has 0 unspecified atom stereocenters. The minimum atomic E-state index is 0.532. The van der Waals surface area contributed by atoms with Crippen LogP contribution < -0.4 is 5.32 Å². The number of hydrogen-bond donors (Lipinski definition) is 2. The molecule has 0 spiro atoms. The topological polar surface area (TPSA) is 64.5 Å². The highest BCUT2D eigenvalue weighted by Gasteiger charge is 2.02. The zero-order chi connectivity index (χ0) is 12.4. The van der Waals surface area contributed by atoms with E-state index in [-0.39, 0.29) is 0 Å². The average molecular weight is 234 g/mol. The molecule has 0 radical (unpaired) electrons. The first-order valence-electron chi connectivity index (χ1n) is 5.55. The molecule has 4 heteroatoms. The highest BCUT2D eigenvalue weighted by atomic mass is 14.9. The van der Waals surface area contributed by atoms with Crippen molar-refractivity contribution in [3.05, 3.63) is 54.5 Å². The highest BCUT2D eigenvalue weighted by molar-refractivity contribution is 5.84. The van der Waals surface area contributed by atoms with Crippen molar-refractivity contribution in [2.75, 3.05) is 5.32 Å². The van der Waals surface area contributed by atoms with Gasteiger partial charge in [0.1, 0.15) is 6.07 Å². The van der Waals surface area contributed by atoms with E-state index in [1.165, 1.54) is 0 Å². The summed E-state index contributed by atoms with van der Waals surface area (Å²) in [6, 6.07) is 11.9. The van der Waals surface area contributed by atoms with Crippen molar-refractivity contribution in [3.8, 4) is 6.07 Å². The second-order valence-electron chi connectivity index (χ2n) is 3.94. The van der Waals surface area contributed by atoms with Gasteiger partial charge in [-0.15, -0.1) is 0 Å². The van der Waals surface area contributed by atoms with Crippen molar-refractivity contribution in [1.82, 2.24) is 9.97 Å². The molecule has 3 rings (SSSR count). The standard InChI is InChI=1S/C14H10N4/c15-8-11-9-16-5-4-13(11)18-12-2-1-10-3-6-17-14(10)7-12/h1-7,9,17H,(H,16,18). The number of aromatic amines is 1. The first-order valence-corrected chi connectivity index (χ1v) is 5.55. The molecule has 0 aliphatic heterocycles. The van der Waals surface area contributed by atoms with Gasteiger partial charge in [-0.25, -0.2) is 0 Å². The molecule has 86 valence electrons. The van der Waals surface area contributed by atoms with Crippen LogP contribution in [-0.2, 0) is 0 Å². The largest absolute Gasteiger partial charge is 0.361 e. The van der Waals surface area contributed by atoms with Crippen LogP contribution in [0.2, 0.25) is 0 Å². The number of rotatable bonds is 2. The van der Waals surface area contributed by atoms with E-state index in [4.69, 9.17) is 5.26 Å². The molecule has 2 N–H and O–H groups in total. The van der Waals surface area contributed by atoms with E-state index < -0.39 is 0 Å². The molecule has 2 aromatic heterocycles. The SMILES string of the molecule is N#Cc1cnccc1Nc1ccc2cc[nH]c2c1. The zero-order valence-corrected chi connectivity index (χ0v) is 9.51. The molecule has 1 aromatic carbocycles. The van der Waals surface area contributed by atoms with E-state index in [0.717, 1.165) is 22.3 Å². The highest BCUT2D eigenvalue weighted by Crippen LogP contribution is 2.22. The van der Waals surface area contributed by atoms with Crippen LogP contribution in [0.3, 0.4) is 0 Å². The quantitative estimate of drug-likeness (QED) is 0.715. The Hall–Kier alpha value is -2.80. The molecule has 0 bridgehead atoms. The summed E-state index contributed by atoms with van der Waals surface area (Å²) in [4.78, 5) is 7.09. The van der Waals surface area contributed by atoms with Crippen molar-refractivity contribution in [3.63, 3.8) is 0 Å². The molecule has 18 heavy (non-hydrogen) atoms. The molecule has 0 aliphatic carbocycles. The monoisotopic (exact) mass is 234 g/mol. The number of benzene rings is 1. The Morgan fingerprint density at radius 1 is 1.22 bits per heavy atom. The number of hydrogen-bond acceptors (Lipinski definition) is 3. The summed E-state index contributed by atoms with van der Waals surface area (Å²) in [5, 5.41) is 13.4. The normalized spacial score (nSPS) is 10.2. The van der Waals surface area contributed by atoms with Gasteiger partial charge in [-0.05, 0) is 29.7 Å². The zero-order valence-electron chi connectivity index (χ0n) is 9.51. The van der Waals surface area contributed by atoms with Gasteiger partial charge in [-0.2, -0.15) is 5.26 Å². The van der Waals surface area contributed by atoms with Crippen LogP contribution in [0.25, 0.3) is 10.9 Å². The maximum Gasteiger partial charge on any atom is 0.103 e. The molecule has 0 fully saturated rings. The Bertz CT molecular complexity index is 737. The minimum Gasteiger partial charge on any atom is -0.361 e. The van der Waals surface area contributed by atoms with E-state index in [1.54, 1.807) is 18.5 Å². The van der Waals surface area contributed by atoms with Gasteiger partial charge in [0.15, 0.2) is 0 Å². The van der Waals surface area contributed by atoms with E-state index in [2.05, 4.69) is 21.4 Å². The van der Waals surface area contributed by atoms with Gasteiger partial charge in [-0.1, -0.05) is 6.07 Å². The number of nitrogens with one attached hydrogen (secondary N) is 2. The maximum absolute atomic E-state index is 9.00. The van der Waals surface area contributed by atoms with Crippen LogP contribution in [0.15, 0.2) is 48.9 Å². The molecule has 2 heterocycles. The average Bonchev–Trinajstić information content (AvgIpc) is 2.87. The summed E-state index contributed by atoms with van der Waals surface area (Å²) in [5.41, 5.74) is 3.29. The summed E-state index contributed by atoms with van der Waals surface area (Å²) in [5.74, 6) is 0. The summed E-state index contributed by atoms with van der Waals surface area (Å²) in [7, 11) is 0. The lowest BCUT2D eigenvalue weighted by Gasteiger charge is -2.07. The Balaban J connectivity index is 1.98. The third kappa shape index (κ3) is 1.78. The third-order valence-corrected chi connectivity index (χ3v) is 2.78. The van der Waals surface area contributed by atoms with Crippen LogP contribution >= 0.6 is 0 Å². The number of fused-ring (bicyclic) bond motifs is 1. The second kappa shape index (κ2) is 4.22. The van der Waals surface area contributed by atoms with Crippen molar-refractivity contribution in [2.24, 2.45) is 0 Å². The number of anilines is 2. The molecule has 0 amide bonds. The van der Waals surface area contributed by atoms with Gasteiger partial charge in [0.2, 0.25) is 0 Å². The Morgan fingerprint density at radius 2 is 2.17 bits per heavy atom. The van der Waals surface area contributed by atoms with Gasteiger partial charge < -0.3 is 10.3 Å². The number of aromatic nitrogens is 2. The van der Waals surface area contributed by atoms with Gasteiger partial charge in [0, 0.05) is 29.8 Å². The number of nitriles is 1. The molecule has 0 aliphatic rings. The molecular weight excluding hydrogens is 224 g/mol. The fourth-order valence-electron chi connectivity index (χ4n) is 1.87. The van der Waals surface area contributed by atoms with E-state index in [1.807, 2.05) is 30.5 Å². The first kappa shape index (κ1) is 10.4. The van der Waals surface area contributed by atoms with Crippen molar-refractivity contribution in [2.45, 2.75) is 0 Å². The Morgan fingerprint density at radius 3 is 3.06 bits per heavy atom. The number of H-pyrrole nitrogens is 1. The summed E-state index contributed by atoms with van der Waals surface area (Å²) < 4.78 is 0. The van der Waals surface area contributed by atoms with E-state index in [0.29, 0.717) is 5.56 Å². The lowest BCUT2D eigenvalue weighted by molar-refractivity contribution is 1.30. The lowest BCUT2D eigenvalue weighted by Crippen LogP contribution is -1.93.